The van der Waals surface area contributed by atoms with Crippen LogP contribution in [0.15, 0.2) is 29.0 Å². The van der Waals surface area contributed by atoms with Crippen LogP contribution in [0.25, 0.3) is 11.0 Å². The highest BCUT2D eigenvalue weighted by atomic mass is 16.3. The highest BCUT2D eigenvalue weighted by Crippen LogP contribution is 2.27. The van der Waals surface area contributed by atoms with Crippen molar-refractivity contribution in [2.75, 3.05) is 37.6 Å². The van der Waals surface area contributed by atoms with Crippen LogP contribution in [0.4, 0.5) is 5.82 Å². The largest absolute Gasteiger partial charge is 0.464 e. The van der Waals surface area contributed by atoms with Crippen molar-refractivity contribution >= 4 is 16.8 Å². The van der Waals surface area contributed by atoms with Gasteiger partial charge in [0.1, 0.15) is 11.4 Å². The smallest absolute Gasteiger partial charge is 0.139 e. The quantitative estimate of drug-likeness (QED) is 0.861. The zero-order chi connectivity index (χ0) is 15.5. The maximum absolute atomic E-state index is 5.50. The second kappa shape index (κ2) is 6.91. The van der Waals surface area contributed by atoms with Crippen LogP contribution in [0.3, 0.4) is 0 Å². The van der Waals surface area contributed by atoms with Crippen LogP contribution < -0.4 is 4.90 Å². The molecular weight excluding hydrogens is 286 g/mol. The van der Waals surface area contributed by atoms with E-state index in [9.17, 15) is 0 Å². The average Bonchev–Trinajstić information content (AvgIpc) is 3.10. The fourth-order valence-electron chi connectivity index (χ4n) is 3.96. The standard InChI is InChI=1S/C19H26N3O/c1-2-4-16(5-3-1)7-10-21-11-13-22(14-12-21)19-17-8-15-23-18(17)6-9-20-19/h1,6,8-9,15-16H,2-5,7,10-14H2. The number of fused-ring (bicyclic) bond motifs is 1. The van der Waals surface area contributed by atoms with Crippen molar-refractivity contribution in [3.8, 4) is 0 Å². The number of hydrogen-bond acceptors (Lipinski definition) is 4. The zero-order valence-electron chi connectivity index (χ0n) is 13.8. The molecule has 1 aliphatic heterocycles. The average molecular weight is 312 g/mol. The Balaban J connectivity index is 1.31. The minimum absolute atomic E-state index is 0.937. The van der Waals surface area contributed by atoms with Crippen molar-refractivity contribution < 1.29 is 4.42 Å². The Labute approximate surface area is 138 Å². The van der Waals surface area contributed by atoms with Gasteiger partial charge < -0.3 is 9.32 Å². The SMILES string of the molecule is [CH]1CCC(CCN2CCN(c3nccc4occc34)CC2)CC1. The molecule has 0 bridgehead atoms. The van der Waals surface area contributed by atoms with Gasteiger partial charge in [-0.05, 0) is 50.3 Å². The van der Waals surface area contributed by atoms with Gasteiger partial charge in [0.05, 0.1) is 11.6 Å². The summed E-state index contributed by atoms with van der Waals surface area (Å²) in [7, 11) is 0. The van der Waals surface area contributed by atoms with Crippen molar-refractivity contribution in [2.24, 2.45) is 5.92 Å². The van der Waals surface area contributed by atoms with Gasteiger partial charge in [0.2, 0.25) is 0 Å². The number of furan rings is 1. The summed E-state index contributed by atoms with van der Waals surface area (Å²) in [6.07, 6.45) is 12.9. The lowest BCUT2D eigenvalue weighted by molar-refractivity contribution is 0.227. The third-order valence-corrected chi connectivity index (χ3v) is 5.44. The number of aromatic nitrogens is 1. The molecular formula is C19H26N3O. The van der Waals surface area contributed by atoms with Crippen molar-refractivity contribution in [3.05, 3.63) is 31.0 Å². The van der Waals surface area contributed by atoms with Crippen molar-refractivity contribution in [3.63, 3.8) is 0 Å². The van der Waals surface area contributed by atoms with E-state index < -0.39 is 0 Å². The van der Waals surface area contributed by atoms with Crippen molar-refractivity contribution in [1.29, 1.82) is 0 Å². The predicted octanol–water partition coefficient (Wildman–Crippen LogP) is 3.73. The van der Waals surface area contributed by atoms with E-state index in [0.717, 1.165) is 48.9 Å². The second-order valence-corrected chi connectivity index (χ2v) is 6.89. The molecule has 0 amide bonds. The van der Waals surface area contributed by atoms with Crippen LogP contribution >= 0.6 is 0 Å². The maximum Gasteiger partial charge on any atom is 0.139 e. The number of nitrogens with zero attached hydrogens (tertiary/aromatic N) is 3. The third kappa shape index (κ3) is 3.37. The summed E-state index contributed by atoms with van der Waals surface area (Å²) in [5, 5.41) is 1.14. The highest BCUT2D eigenvalue weighted by molar-refractivity contribution is 5.88. The van der Waals surface area contributed by atoms with E-state index >= 15 is 0 Å². The number of pyridine rings is 1. The number of hydrogen-bond donors (Lipinski definition) is 0. The molecule has 1 aliphatic carbocycles. The van der Waals surface area contributed by atoms with E-state index in [4.69, 9.17) is 4.42 Å². The zero-order valence-corrected chi connectivity index (χ0v) is 13.8. The topological polar surface area (TPSA) is 32.5 Å². The first kappa shape index (κ1) is 15.0. The molecule has 0 unspecified atom stereocenters. The molecule has 0 atom stereocenters. The Morgan fingerprint density at radius 1 is 1.09 bits per heavy atom. The van der Waals surface area contributed by atoms with Gasteiger partial charge in [0.15, 0.2) is 0 Å². The summed E-state index contributed by atoms with van der Waals surface area (Å²) in [5.41, 5.74) is 0.937. The van der Waals surface area contributed by atoms with Crippen LogP contribution in [0, 0.1) is 12.3 Å². The molecule has 0 N–H and O–H groups in total. The Morgan fingerprint density at radius 3 is 2.74 bits per heavy atom. The first-order chi connectivity index (χ1) is 11.4. The molecule has 2 aromatic heterocycles. The number of anilines is 1. The molecule has 1 saturated heterocycles. The molecule has 4 heteroatoms. The summed E-state index contributed by atoms with van der Waals surface area (Å²) < 4.78 is 5.50. The number of piperazine rings is 1. The van der Waals surface area contributed by atoms with Crippen molar-refractivity contribution in [2.45, 2.75) is 32.1 Å². The molecule has 23 heavy (non-hydrogen) atoms. The van der Waals surface area contributed by atoms with E-state index in [1.165, 1.54) is 38.6 Å². The van der Waals surface area contributed by atoms with Crippen LogP contribution in [-0.4, -0.2) is 42.6 Å². The predicted molar refractivity (Wildman–Crippen MR) is 93.5 cm³/mol. The van der Waals surface area contributed by atoms with Gasteiger partial charge in [-0.25, -0.2) is 4.98 Å². The molecule has 2 aliphatic rings. The molecule has 2 aromatic rings. The summed E-state index contributed by atoms with van der Waals surface area (Å²) in [5.74, 6) is 2.04. The maximum atomic E-state index is 5.50. The van der Waals surface area contributed by atoms with Crippen LogP contribution in [0.2, 0.25) is 0 Å². The monoisotopic (exact) mass is 312 g/mol. The number of rotatable bonds is 4. The van der Waals surface area contributed by atoms with E-state index in [0.29, 0.717) is 0 Å². The van der Waals surface area contributed by atoms with Gasteiger partial charge in [-0.15, -0.1) is 0 Å². The molecule has 1 saturated carbocycles. The van der Waals surface area contributed by atoms with E-state index in [2.05, 4.69) is 21.2 Å². The first-order valence-corrected chi connectivity index (χ1v) is 9.01. The Morgan fingerprint density at radius 2 is 1.91 bits per heavy atom. The first-order valence-electron chi connectivity index (χ1n) is 9.01. The Kier molecular flexibility index (Phi) is 4.51. The Hall–Kier alpha value is -1.55. The lowest BCUT2D eigenvalue weighted by Crippen LogP contribution is -2.47. The molecule has 123 valence electrons. The van der Waals surface area contributed by atoms with Crippen LogP contribution in [0.1, 0.15) is 32.1 Å². The highest BCUT2D eigenvalue weighted by Gasteiger charge is 2.21. The van der Waals surface area contributed by atoms with Gasteiger partial charge in [0.25, 0.3) is 0 Å². The second-order valence-electron chi connectivity index (χ2n) is 6.89. The van der Waals surface area contributed by atoms with E-state index in [1.807, 2.05) is 18.3 Å². The molecule has 0 spiro atoms. The molecule has 2 fully saturated rings. The van der Waals surface area contributed by atoms with Gasteiger partial charge in [-0.3, -0.25) is 4.90 Å². The Bertz CT molecular complexity index is 624. The molecule has 0 aromatic carbocycles. The molecule has 4 rings (SSSR count). The summed E-state index contributed by atoms with van der Waals surface area (Å²) in [6, 6.07) is 3.97. The summed E-state index contributed by atoms with van der Waals surface area (Å²) >= 11 is 0. The molecule has 4 nitrogen and oxygen atoms in total. The van der Waals surface area contributed by atoms with E-state index in [1.54, 1.807) is 6.26 Å². The van der Waals surface area contributed by atoms with Gasteiger partial charge >= 0.3 is 0 Å². The molecule has 3 heterocycles. The fraction of sp³-hybridized carbons (Fsp3) is 0.579. The van der Waals surface area contributed by atoms with Crippen LogP contribution in [0.5, 0.6) is 0 Å². The third-order valence-electron chi connectivity index (χ3n) is 5.44. The normalized spacial score (nSPS) is 21.1. The summed E-state index contributed by atoms with van der Waals surface area (Å²) in [6.45, 7) is 5.69. The van der Waals surface area contributed by atoms with Crippen molar-refractivity contribution in [1.82, 2.24) is 9.88 Å². The fourth-order valence-corrected chi connectivity index (χ4v) is 3.96. The minimum Gasteiger partial charge on any atom is -0.464 e. The lowest BCUT2D eigenvalue weighted by Gasteiger charge is -2.36. The minimum atomic E-state index is 0.937. The van der Waals surface area contributed by atoms with Gasteiger partial charge in [-0.1, -0.05) is 12.8 Å². The van der Waals surface area contributed by atoms with Crippen LogP contribution in [-0.2, 0) is 0 Å². The van der Waals surface area contributed by atoms with E-state index in [-0.39, 0.29) is 0 Å². The summed E-state index contributed by atoms with van der Waals surface area (Å²) in [4.78, 5) is 9.63. The van der Waals surface area contributed by atoms with Gasteiger partial charge in [-0.2, -0.15) is 0 Å². The van der Waals surface area contributed by atoms with Gasteiger partial charge in [0, 0.05) is 32.4 Å². The molecule has 1 radical (unpaired) electrons. The lowest BCUT2D eigenvalue weighted by atomic mass is 9.87.